The topological polar surface area (TPSA) is 42.0 Å². The number of hydrogen-bond donors (Lipinski definition) is 1. The van der Waals surface area contributed by atoms with Crippen LogP contribution in [-0.4, -0.2) is 10.9 Å². The fourth-order valence-corrected chi connectivity index (χ4v) is 1.19. The predicted molar refractivity (Wildman–Crippen MR) is 54.4 cm³/mol. The lowest BCUT2D eigenvalue weighted by Gasteiger charge is -2.01. The Morgan fingerprint density at radius 3 is 2.85 bits per heavy atom. The minimum Gasteiger partial charge on any atom is -0.351 e. The van der Waals surface area contributed by atoms with Crippen LogP contribution in [0.15, 0.2) is 18.3 Å². The summed E-state index contributed by atoms with van der Waals surface area (Å²) < 4.78 is 0. The molecule has 0 aliphatic carbocycles. The summed E-state index contributed by atoms with van der Waals surface area (Å²) in [6.07, 6.45) is 1.80. The molecule has 1 aromatic rings. The summed E-state index contributed by atoms with van der Waals surface area (Å²) in [5.74, 6) is -0.0358. The van der Waals surface area contributed by atoms with Crippen LogP contribution in [0.5, 0.6) is 0 Å². The van der Waals surface area contributed by atoms with E-state index >= 15 is 0 Å². The van der Waals surface area contributed by atoms with Gasteiger partial charge in [0.2, 0.25) is 5.91 Å². The standard InChI is InChI=1S/C9H11BrN2O/c1-7(13)11-6-9-3-2-8(4-10)5-12-9/h2-3,5H,4,6H2,1H3,(H,11,13). The van der Waals surface area contributed by atoms with Crippen LogP contribution in [-0.2, 0) is 16.7 Å². The van der Waals surface area contributed by atoms with Crippen LogP contribution in [0.3, 0.4) is 0 Å². The van der Waals surface area contributed by atoms with E-state index in [0.29, 0.717) is 6.54 Å². The SMILES string of the molecule is CC(=O)NCc1ccc(CBr)cn1. The Morgan fingerprint density at radius 2 is 2.38 bits per heavy atom. The molecule has 0 bridgehead atoms. The van der Waals surface area contributed by atoms with Gasteiger partial charge in [0.25, 0.3) is 0 Å². The van der Waals surface area contributed by atoms with Crippen LogP contribution in [0.4, 0.5) is 0 Å². The van der Waals surface area contributed by atoms with Crippen LogP contribution < -0.4 is 5.32 Å². The molecule has 1 rings (SSSR count). The van der Waals surface area contributed by atoms with Crippen molar-refractivity contribution in [2.75, 3.05) is 0 Å². The molecule has 70 valence electrons. The second kappa shape index (κ2) is 4.97. The Hall–Kier alpha value is -0.900. The minimum absolute atomic E-state index is 0.0358. The third-order valence-electron chi connectivity index (χ3n) is 1.56. The number of pyridine rings is 1. The Balaban J connectivity index is 2.54. The largest absolute Gasteiger partial charge is 0.351 e. The summed E-state index contributed by atoms with van der Waals surface area (Å²) >= 11 is 3.33. The van der Waals surface area contributed by atoms with Gasteiger partial charge in [0.1, 0.15) is 0 Å². The summed E-state index contributed by atoms with van der Waals surface area (Å²) in [4.78, 5) is 14.8. The molecule has 0 saturated carbocycles. The second-order valence-electron chi connectivity index (χ2n) is 2.70. The van der Waals surface area contributed by atoms with Gasteiger partial charge in [0.05, 0.1) is 12.2 Å². The molecule has 0 unspecified atom stereocenters. The first-order chi connectivity index (χ1) is 6.22. The lowest BCUT2D eigenvalue weighted by atomic mass is 10.3. The maximum absolute atomic E-state index is 10.6. The van der Waals surface area contributed by atoms with Crippen LogP contribution in [0.1, 0.15) is 18.2 Å². The molecule has 0 fully saturated rings. The lowest BCUT2D eigenvalue weighted by molar-refractivity contribution is -0.119. The van der Waals surface area contributed by atoms with Gasteiger partial charge >= 0.3 is 0 Å². The van der Waals surface area contributed by atoms with E-state index in [1.807, 2.05) is 12.1 Å². The summed E-state index contributed by atoms with van der Waals surface area (Å²) in [5, 5.41) is 3.49. The third-order valence-corrected chi connectivity index (χ3v) is 2.21. The number of carbonyl (C=O) groups is 1. The predicted octanol–water partition coefficient (Wildman–Crippen LogP) is 1.61. The summed E-state index contributed by atoms with van der Waals surface area (Å²) in [6.45, 7) is 1.99. The fraction of sp³-hybridized carbons (Fsp3) is 0.333. The Bertz CT molecular complexity index is 284. The first kappa shape index (κ1) is 10.2. The Labute approximate surface area is 85.7 Å². The molecule has 0 radical (unpaired) electrons. The fourth-order valence-electron chi connectivity index (χ4n) is 0.854. The first-order valence-electron chi connectivity index (χ1n) is 3.96. The molecule has 3 nitrogen and oxygen atoms in total. The minimum atomic E-state index is -0.0358. The average Bonchev–Trinajstić information content (AvgIpc) is 2.15. The molecule has 1 aromatic heterocycles. The molecule has 0 aromatic carbocycles. The molecular formula is C9H11BrN2O. The molecule has 13 heavy (non-hydrogen) atoms. The van der Waals surface area contributed by atoms with E-state index in [-0.39, 0.29) is 5.91 Å². The highest BCUT2D eigenvalue weighted by Crippen LogP contribution is 2.04. The van der Waals surface area contributed by atoms with E-state index in [1.165, 1.54) is 6.92 Å². The van der Waals surface area contributed by atoms with Gasteiger partial charge in [-0.1, -0.05) is 22.0 Å². The monoisotopic (exact) mass is 242 g/mol. The smallest absolute Gasteiger partial charge is 0.217 e. The van der Waals surface area contributed by atoms with Gasteiger partial charge in [-0.15, -0.1) is 0 Å². The molecule has 1 amide bonds. The van der Waals surface area contributed by atoms with Gasteiger partial charge in [0.15, 0.2) is 0 Å². The highest BCUT2D eigenvalue weighted by molar-refractivity contribution is 9.08. The molecular weight excluding hydrogens is 232 g/mol. The second-order valence-corrected chi connectivity index (χ2v) is 3.26. The number of halogens is 1. The molecule has 1 N–H and O–H groups in total. The van der Waals surface area contributed by atoms with Gasteiger partial charge < -0.3 is 5.32 Å². The molecule has 0 saturated heterocycles. The van der Waals surface area contributed by atoms with Crippen molar-refractivity contribution in [3.05, 3.63) is 29.6 Å². The quantitative estimate of drug-likeness (QED) is 0.819. The summed E-state index contributed by atoms with van der Waals surface area (Å²) in [7, 11) is 0. The zero-order valence-electron chi connectivity index (χ0n) is 7.38. The maximum atomic E-state index is 10.6. The van der Waals surface area contributed by atoms with Gasteiger partial charge in [0, 0.05) is 18.5 Å². The van der Waals surface area contributed by atoms with Crippen molar-refractivity contribution in [2.45, 2.75) is 18.8 Å². The van der Waals surface area contributed by atoms with Crippen molar-refractivity contribution in [1.29, 1.82) is 0 Å². The van der Waals surface area contributed by atoms with E-state index in [0.717, 1.165) is 16.6 Å². The number of nitrogens with one attached hydrogen (secondary N) is 1. The van der Waals surface area contributed by atoms with Crippen molar-refractivity contribution < 1.29 is 4.79 Å². The number of alkyl halides is 1. The highest BCUT2D eigenvalue weighted by Gasteiger charge is 1.96. The number of amides is 1. The number of nitrogens with zero attached hydrogens (tertiary/aromatic N) is 1. The lowest BCUT2D eigenvalue weighted by Crippen LogP contribution is -2.19. The molecule has 0 aliphatic rings. The average molecular weight is 243 g/mol. The van der Waals surface area contributed by atoms with Gasteiger partial charge in [-0.05, 0) is 11.6 Å². The number of rotatable bonds is 3. The van der Waals surface area contributed by atoms with Crippen molar-refractivity contribution in [3.8, 4) is 0 Å². The molecule has 0 aliphatic heterocycles. The molecule has 1 heterocycles. The summed E-state index contributed by atoms with van der Waals surface area (Å²) in [5.41, 5.74) is 2.01. The van der Waals surface area contributed by atoms with Crippen molar-refractivity contribution in [2.24, 2.45) is 0 Å². The first-order valence-corrected chi connectivity index (χ1v) is 5.08. The molecule has 0 spiro atoms. The zero-order valence-corrected chi connectivity index (χ0v) is 8.97. The van der Waals surface area contributed by atoms with Crippen LogP contribution in [0.2, 0.25) is 0 Å². The maximum Gasteiger partial charge on any atom is 0.217 e. The number of hydrogen-bond acceptors (Lipinski definition) is 2. The van der Waals surface area contributed by atoms with Crippen molar-refractivity contribution in [3.63, 3.8) is 0 Å². The normalized spacial score (nSPS) is 9.69. The Kier molecular flexibility index (Phi) is 3.89. The summed E-state index contributed by atoms with van der Waals surface area (Å²) in [6, 6.07) is 3.89. The molecule has 0 atom stereocenters. The highest BCUT2D eigenvalue weighted by atomic mass is 79.9. The van der Waals surface area contributed by atoms with E-state index in [2.05, 4.69) is 26.2 Å². The van der Waals surface area contributed by atoms with E-state index in [1.54, 1.807) is 6.20 Å². The number of carbonyl (C=O) groups excluding carboxylic acids is 1. The Morgan fingerprint density at radius 1 is 1.62 bits per heavy atom. The molecule has 4 heteroatoms. The van der Waals surface area contributed by atoms with Crippen LogP contribution in [0, 0.1) is 0 Å². The van der Waals surface area contributed by atoms with Gasteiger partial charge in [-0.3, -0.25) is 9.78 Å². The van der Waals surface area contributed by atoms with E-state index in [4.69, 9.17) is 0 Å². The van der Waals surface area contributed by atoms with Crippen LogP contribution in [0.25, 0.3) is 0 Å². The number of aromatic nitrogens is 1. The third kappa shape index (κ3) is 3.55. The van der Waals surface area contributed by atoms with Gasteiger partial charge in [-0.25, -0.2) is 0 Å². The van der Waals surface area contributed by atoms with Crippen molar-refractivity contribution >= 4 is 21.8 Å². The van der Waals surface area contributed by atoms with Crippen LogP contribution >= 0.6 is 15.9 Å². The zero-order chi connectivity index (χ0) is 9.68. The van der Waals surface area contributed by atoms with E-state index in [9.17, 15) is 4.79 Å². The van der Waals surface area contributed by atoms with E-state index < -0.39 is 0 Å². The van der Waals surface area contributed by atoms with Crippen molar-refractivity contribution in [1.82, 2.24) is 10.3 Å². The van der Waals surface area contributed by atoms with Gasteiger partial charge in [-0.2, -0.15) is 0 Å².